The molecule has 8 rings (SSSR count). The highest BCUT2D eigenvalue weighted by Gasteiger charge is 2.48. The number of hydrogen-bond acceptors (Lipinski definition) is 6. The van der Waals surface area contributed by atoms with Gasteiger partial charge in [0.1, 0.15) is 0 Å². The molecule has 0 amide bonds. The van der Waals surface area contributed by atoms with Crippen molar-refractivity contribution in [1.29, 1.82) is 0 Å². The van der Waals surface area contributed by atoms with Gasteiger partial charge in [0.05, 0.1) is 13.2 Å². The van der Waals surface area contributed by atoms with E-state index in [9.17, 15) is 19.8 Å². The van der Waals surface area contributed by atoms with E-state index in [2.05, 4.69) is 97.1 Å². The second-order valence-corrected chi connectivity index (χ2v) is 17.4. The lowest BCUT2D eigenvalue weighted by atomic mass is 9.64. The molecule has 0 atom stereocenters. The third-order valence-corrected chi connectivity index (χ3v) is 14.3. The van der Waals surface area contributed by atoms with E-state index in [4.69, 9.17) is 9.47 Å². The lowest BCUT2D eigenvalue weighted by molar-refractivity contribution is -0.146. The van der Waals surface area contributed by atoms with Crippen molar-refractivity contribution in [2.45, 2.75) is 101 Å². The fraction of sp³-hybridized carbons (Fsp3) is 0.480. The van der Waals surface area contributed by atoms with Crippen LogP contribution in [0.4, 0.5) is 0 Å². The molecule has 4 aromatic carbocycles. The fourth-order valence-electron chi connectivity index (χ4n) is 10.9. The average molecular weight is 755 g/mol. The van der Waals surface area contributed by atoms with Crippen molar-refractivity contribution < 1.29 is 29.3 Å². The summed E-state index contributed by atoms with van der Waals surface area (Å²) in [7, 11) is 0. The Kier molecular flexibility index (Phi) is 11.8. The number of fused-ring (bicyclic) bond motifs is 6. The molecule has 294 valence electrons. The average Bonchev–Trinajstić information content (AvgIpc) is 3.70. The standard InChI is InChI=1S/C50H58O6/c51-31-35-17-21-37(22-18-35)33-55-47(53)25-27-49(43-13-5-1-9-39(43)40-10-2-6-14-44(40)49)29-30-50(28-26-48(54)56-34-38-23-19-36(32-52)20-24-38)45-15-7-3-11-41(45)42-12-4-8-16-46(42)50/h1-16,35-38,51-52H,17-34H2. The van der Waals surface area contributed by atoms with Crippen LogP contribution in [0.3, 0.4) is 0 Å². The monoisotopic (exact) mass is 754 g/mol. The van der Waals surface area contributed by atoms with Gasteiger partial charge in [-0.3, -0.25) is 9.59 Å². The van der Waals surface area contributed by atoms with E-state index in [1.54, 1.807) is 0 Å². The molecule has 0 spiro atoms. The number of aliphatic hydroxyl groups excluding tert-OH is 2. The Morgan fingerprint density at radius 1 is 0.446 bits per heavy atom. The molecule has 0 bridgehead atoms. The molecule has 2 fully saturated rings. The van der Waals surface area contributed by atoms with E-state index in [0.29, 0.717) is 62.6 Å². The highest BCUT2D eigenvalue weighted by molar-refractivity contribution is 5.83. The summed E-state index contributed by atoms with van der Waals surface area (Å²) in [6.07, 6.45) is 11.5. The first-order valence-electron chi connectivity index (χ1n) is 21.4. The number of aliphatic hydroxyl groups is 2. The van der Waals surface area contributed by atoms with Crippen molar-refractivity contribution in [3.05, 3.63) is 119 Å². The van der Waals surface area contributed by atoms with Gasteiger partial charge in [0, 0.05) is 36.9 Å². The number of rotatable bonds is 15. The number of esters is 2. The maximum absolute atomic E-state index is 13.6. The molecule has 2 N–H and O–H groups in total. The zero-order valence-electron chi connectivity index (χ0n) is 32.8. The number of hydrogen-bond donors (Lipinski definition) is 2. The summed E-state index contributed by atoms with van der Waals surface area (Å²) in [6, 6.07) is 34.9. The molecular formula is C50H58O6. The molecule has 0 saturated heterocycles. The van der Waals surface area contributed by atoms with Crippen molar-refractivity contribution in [1.82, 2.24) is 0 Å². The zero-order chi connectivity index (χ0) is 38.5. The van der Waals surface area contributed by atoms with Gasteiger partial charge in [-0.05, 0) is 145 Å². The Bertz CT molecular complexity index is 1750. The maximum Gasteiger partial charge on any atom is 0.305 e. The topological polar surface area (TPSA) is 93.1 Å². The molecule has 0 radical (unpaired) electrons. The molecule has 4 aromatic rings. The molecule has 0 aliphatic heterocycles. The predicted octanol–water partition coefficient (Wildman–Crippen LogP) is 9.94. The molecule has 6 heteroatoms. The summed E-state index contributed by atoms with van der Waals surface area (Å²) in [5.74, 6) is 1.18. The van der Waals surface area contributed by atoms with Crippen LogP contribution < -0.4 is 0 Å². The van der Waals surface area contributed by atoms with Gasteiger partial charge in [-0.25, -0.2) is 0 Å². The molecule has 0 unspecified atom stereocenters. The number of carbonyl (C=O) groups excluding carboxylic acids is 2. The minimum Gasteiger partial charge on any atom is -0.465 e. The van der Waals surface area contributed by atoms with Crippen molar-refractivity contribution >= 4 is 11.9 Å². The minimum absolute atomic E-state index is 0.144. The molecule has 0 heterocycles. The summed E-state index contributed by atoms with van der Waals surface area (Å²) in [6.45, 7) is 1.39. The van der Waals surface area contributed by atoms with Crippen molar-refractivity contribution in [3.8, 4) is 22.3 Å². The van der Waals surface area contributed by atoms with Crippen LogP contribution in [0.15, 0.2) is 97.1 Å². The van der Waals surface area contributed by atoms with Crippen molar-refractivity contribution in [3.63, 3.8) is 0 Å². The van der Waals surface area contributed by atoms with Crippen molar-refractivity contribution in [2.75, 3.05) is 26.4 Å². The van der Waals surface area contributed by atoms with E-state index < -0.39 is 10.8 Å². The fourth-order valence-corrected chi connectivity index (χ4v) is 10.9. The largest absolute Gasteiger partial charge is 0.465 e. The Morgan fingerprint density at radius 3 is 1.04 bits per heavy atom. The Labute approximate surface area is 332 Å². The molecule has 2 saturated carbocycles. The number of ether oxygens (including phenoxy) is 2. The van der Waals surface area contributed by atoms with E-state index in [1.807, 2.05) is 0 Å². The van der Waals surface area contributed by atoms with E-state index >= 15 is 0 Å². The third-order valence-electron chi connectivity index (χ3n) is 14.3. The van der Waals surface area contributed by atoms with Crippen LogP contribution in [0.2, 0.25) is 0 Å². The molecule has 4 aliphatic rings. The molecule has 56 heavy (non-hydrogen) atoms. The summed E-state index contributed by atoms with van der Waals surface area (Å²) in [5, 5.41) is 19.2. The van der Waals surface area contributed by atoms with Crippen LogP contribution in [-0.4, -0.2) is 48.6 Å². The zero-order valence-corrected chi connectivity index (χ0v) is 32.8. The Hall–Kier alpha value is -4.26. The Balaban J connectivity index is 1.07. The quantitative estimate of drug-likeness (QED) is 0.117. The predicted molar refractivity (Wildman–Crippen MR) is 220 cm³/mol. The number of carbonyl (C=O) groups is 2. The summed E-state index contributed by atoms with van der Waals surface area (Å²) in [5.41, 5.74) is 9.15. The first kappa shape index (κ1) is 38.6. The second kappa shape index (κ2) is 17.1. The van der Waals surface area contributed by atoms with Gasteiger partial charge in [0.25, 0.3) is 0 Å². The summed E-state index contributed by atoms with van der Waals surface area (Å²) >= 11 is 0. The maximum atomic E-state index is 13.6. The van der Waals surface area contributed by atoms with Crippen molar-refractivity contribution in [2.24, 2.45) is 23.7 Å². The van der Waals surface area contributed by atoms with Gasteiger partial charge in [-0.1, -0.05) is 97.1 Å². The van der Waals surface area contributed by atoms with E-state index in [-0.39, 0.29) is 25.2 Å². The SMILES string of the molecule is O=C(CCC1(CCC2(CCC(=O)OCC3CCC(CO)CC3)c3ccccc3-c3ccccc32)c2ccccc2-c2ccccc21)OCC1CCC(CO)CC1. The molecular weight excluding hydrogens is 697 g/mol. The highest BCUT2D eigenvalue weighted by Crippen LogP contribution is 2.59. The molecule has 0 aromatic heterocycles. The van der Waals surface area contributed by atoms with E-state index in [0.717, 1.165) is 64.2 Å². The smallest absolute Gasteiger partial charge is 0.305 e. The lowest BCUT2D eigenvalue weighted by Crippen LogP contribution is -2.33. The second-order valence-electron chi connectivity index (χ2n) is 17.4. The van der Waals surface area contributed by atoms with Gasteiger partial charge < -0.3 is 19.7 Å². The van der Waals surface area contributed by atoms with Gasteiger partial charge >= 0.3 is 11.9 Å². The molecule has 4 aliphatic carbocycles. The van der Waals surface area contributed by atoms with Crippen LogP contribution in [0, 0.1) is 23.7 Å². The van der Waals surface area contributed by atoms with Gasteiger partial charge in [-0.2, -0.15) is 0 Å². The first-order valence-corrected chi connectivity index (χ1v) is 21.4. The first-order chi connectivity index (χ1) is 27.4. The third kappa shape index (κ3) is 7.59. The van der Waals surface area contributed by atoms with Crippen LogP contribution >= 0.6 is 0 Å². The van der Waals surface area contributed by atoms with E-state index in [1.165, 1.54) is 44.5 Å². The Morgan fingerprint density at radius 2 is 0.732 bits per heavy atom. The van der Waals surface area contributed by atoms with Gasteiger partial charge in [0.2, 0.25) is 0 Å². The lowest BCUT2D eigenvalue weighted by Gasteiger charge is -2.39. The van der Waals surface area contributed by atoms with Crippen LogP contribution in [0.25, 0.3) is 22.3 Å². The number of benzene rings is 4. The van der Waals surface area contributed by atoms with Crippen LogP contribution in [-0.2, 0) is 29.9 Å². The molecule has 6 nitrogen and oxygen atoms in total. The van der Waals surface area contributed by atoms with Gasteiger partial charge in [0.15, 0.2) is 0 Å². The summed E-state index contributed by atoms with van der Waals surface area (Å²) < 4.78 is 12.0. The highest BCUT2D eigenvalue weighted by atomic mass is 16.5. The normalized spacial score (nSPS) is 22.7. The van der Waals surface area contributed by atoms with Gasteiger partial charge in [-0.15, -0.1) is 0 Å². The summed E-state index contributed by atoms with van der Waals surface area (Å²) in [4.78, 5) is 27.3. The van der Waals surface area contributed by atoms with Crippen LogP contribution in [0.5, 0.6) is 0 Å². The van der Waals surface area contributed by atoms with Crippen LogP contribution in [0.1, 0.15) is 112 Å². The minimum atomic E-state index is -0.418.